The van der Waals surface area contributed by atoms with Gasteiger partial charge >= 0.3 is 0 Å². The topological polar surface area (TPSA) is 62.2 Å². The lowest BCUT2D eigenvalue weighted by Crippen LogP contribution is -2.64. The van der Waals surface area contributed by atoms with Crippen molar-refractivity contribution in [2.75, 3.05) is 33.4 Å². The van der Waals surface area contributed by atoms with Gasteiger partial charge in [-0.15, -0.1) is 0 Å². The molecule has 0 radical (unpaired) electrons. The van der Waals surface area contributed by atoms with Gasteiger partial charge in [-0.25, -0.2) is 0 Å². The van der Waals surface area contributed by atoms with Crippen LogP contribution >= 0.6 is 0 Å². The molecule has 2 unspecified atom stereocenters. The van der Waals surface area contributed by atoms with E-state index in [0.29, 0.717) is 12.5 Å². The van der Waals surface area contributed by atoms with Gasteiger partial charge in [-0.05, 0) is 112 Å². The van der Waals surface area contributed by atoms with Gasteiger partial charge in [0.1, 0.15) is 11.4 Å². The fraction of sp³-hybridized carbons (Fsp3) is 0.750. The third kappa shape index (κ3) is 3.78. The average molecular weight is 510 g/mol. The van der Waals surface area contributed by atoms with E-state index in [2.05, 4.69) is 49.1 Å². The molecule has 204 valence electrons. The molecule has 6 rings (SSSR count). The molecule has 1 aliphatic heterocycles. The predicted octanol–water partition coefficient (Wildman–Crippen LogP) is 5.44. The maximum atomic E-state index is 12.8. The summed E-state index contributed by atoms with van der Waals surface area (Å²) < 4.78 is 12.6. The number of hydrogen-bond donors (Lipinski definition) is 2. The molecule has 2 N–H and O–H groups in total. The first-order valence-corrected chi connectivity index (χ1v) is 14.9. The molecule has 0 spiro atoms. The van der Waals surface area contributed by atoms with Crippen LogP contribution in [0.4, 0.5) is 0 Å². The maximum Gasteiger partial charge on any atom is 0.118 e. The molecule has 7 atom stereocenters. The van der Waals surface area contributed by atoms with E-state index in [9.17, 15) is 10.2 Å². The summed E-state index contributed by atoms with van der Waals surface area (Å²) in [5.41, 5.74) is 1.12. The summed E-state index contributed by atoms with van der Waals surface area (Å²) in [5, 5.41) is 23.2. The Hall–Kier alpha value is -1.40. The van der Waals surface area contributed by atoms with E-state index >= 15 is 0 Å². The number of ether oxygens (including phenoxy) is 2. The van der Waals surface area contributed by atoms with Gasteiger partial charge in [0.15, 0.2) is 0 Å². The molecular formula is C32H47NO4. The Labute approximate surface area is 223 Å². The van der Waals surface area contributed by atoms with Crippen molar-refractivity contribution in [1.29, 1.82) is 0 Å². The van der Waals surface area contributed by atoms with Crippen LogP contribution in [0.25, 0.3) is 0 Å². The molecule has 37 heavy (non-hydrogen) atoms. The number of benzene rings is 1. The highest BCUT2D eigenvalue weighted by Gasteiger charge is 2.72. The second-order valence-corrected chi connectivity index (χ2v) is 13.2. The Bertz CT molecular complexity index is 1020. The van der Waals surface area contributed by atoms with Crippen LogP contribution in [0.2, 0.25) is 0 Å². The minimum absolute atomic E-state index is 0.0984. The fourth-order valence-corrected chi connectivity index (χ4v) is 9.67. The summed E-state index contributed by atoms with van der Waals surface area (Å²) >= 11 is 0. The first kappa shape index (κ1) is 25.9. The molecule has 5 heteroatoms. The van der Waals surface area contributed by atoms with Crippen LogP contribution in [0, 0.1) is 22.7 Å². The van der Waals surface area contributed by atoms with Crippen LogP contribution in [-0.4, -0.2) is 60.2 Å². The lowest BCUT2D eigenvalue weighted by Gasteiger charge is -2.63. The summed E-state index contributed by atoms with van der Waals surface area (Å²) in [6, 6.07) is 8.48. The zero-order valence-electron chi connectivity index (χ0n) is 23.2. The monoisotopic (exact) mass is 509 g/mol. The van der Waals surface area contributed by atoms with Gasteiger partial charge in [0.05, 0.1) is 25.4 Å². The predicted molar refractivity (Wildman–Crippen MR) is 145 cm³/mol. The normalized spacial score (nSPS) is 43.6. The van der Waals surface area contributed by atoms with Crippen LogP contribution in [0.5, 0.6) is 5.75 Å². The smallest absolute Gasteiger partial charge is 0.118 e. The highest BCUT2D eigenvalue weighted by atomic mass is 16.5. The van der Waals surface area contributed by atoms with Crippen LogP contribution < -0.4 is 4.74 Å². The van der Waals surface area contributed by atoms with Crippen molar-refractivity contribution >= 4 is 0 Å². The summed E-state index contributed by atoms with van der Waals surface area (Å²) in [4.78, 5) is 2.52. The molecule has 4 fully saturated rings. The molecule has 5 nitrogen and oxygen atoms in total. The zero-order valence-corrected chi connectivity index (χ0v) is 23.2. The Morgan fingerprint density at radius 3 is 2.43 bits per heavy atom. The van der Waals surface area contributed by atoms with Crippen molar-refractivity contribution in [3.05, 3.63) is 41.5 Å². The first-order chi connectivity index (χ1) is 17.8. The van der Waals surface area contributed by atoms with Gasteiger partial charge in [-0.1, -0.05) is 37.6 Å². The number of fused-ring (bicyclic) bond motifs is 5. The average Bonchev–Trinajstić information content (AvgIpc) is 3.50. The number of aliphatic hydroxyl groups excluding tert-OH is 1. The van der Waals surface area contributed by atoms with E-state index in [4.69, 9.17) is 9.47 Å². The summed E-state index contributed by atoms with van der Waals surface area (Å²) in [5.74, 6) is 1.59. The van der Waals surface area contributed by atoms with Gasteiger partial charge < -0.3 is 24.6 Å². The Morgan fingerprint density at radius 1 is 0.946 bits per heavy atom. The summed E-state index contributed by atoms with van der Waals surface area (Å²) in [6.45, 7) is 8.78. The maximum absolute atomic E-state index is 12.8. The van der Waals surface area contributed by atoms with Crippen molar-refractivity contribution in [2.45, 2.75) is 95.4 Å². The molecule has 0 aromatic heterocycles. The van der Waals surface area contributed by atoms with E-state index in [1.165, 1.54) is 37.1 Å². The number of allylic oxidation sites excluding steroid dienone is 1. The number of aliphatic hydroxyl groups is 2. The molecule has 1 aromatic rings. The minimum Gasteiger partial charge on any atom is -0.497 e. The summed E-state index contributed by atoms with van der Waals surface area (Å²) in [7, 11) is 1.71. The molecule has 1 saturated heterocycles. The summed E-state index contributed by atoms with van der Waals surface area (Å²) in [6.07, 6.45) is 12.0. The van der Waals surface area contributed by atoms with Crippen LogP contribution in [-0.2, 0) is 10.3 Å². The molecule has 0 bridgehead atoms. The van der Waals surface area contributed by atoms with E-state index < -0.39 is 11.2 Å². The second-order valence-electron chi connectivity index (χ2n) is 13.2. The molecule has 5 aliphatic rings. The van der Waals surface area contributed by atoms with Crippen LogP contribution in [0.15, 0.2) is 35.9 Å². The van der Waals surface area contributed by atoms with E-state index in [1.54, 1.807) is 7.11 Å². The van der Waals surface area contributed by atoms with Gasteiger partial charge in [0.2, 0.25) is 0 Å². The zero-order chi connectivity index (χ0) is 25.9. The van der Waals surface area contributed by atoms with Gasteiger partial charge in [-0.3, -0.25) is 0 Å². The van der Waals surface area contributed by atoms with E-state index in [1.807, 2.05) is 0 Å². The van der Waals surface area contributed by atoms with Crippen molar-refractivity contribution in [2.24, 2.45) is 22.7 Å². The second kappa shape index (κ2) is 9.36. The van der Waals surface area contributed by atoms with Gasteiger partial charge in [-0.2, -0.15) is 0 Å². The number of rotatable bonds is 6. The molecule has 1 heterocycles. The molecule has 1 aromatic carbocycles. The Balaban J connectivity index is 1.35. The van der Waals surface area contributed by atoms with Gasteiger partial charge in [0, 0.05) is 12.0 Å². The SMILES string of the molecule is COc1ccc(C2(OCCN3CCCC3)CC[C@@]3(O)[C@@H]4CCC5=CC(O)CC[C@]5(C)[C@@H]4CC[C@]23C)cc1. The molecule has 3 saturated carbocycles. The lowest BCUT2D eigenvalue weighted by molar-refractivity contribution is -0.235. The number of nitrogens with zero attached hydrogens (tertiary/aromatic N) is 1. The van der Waals surface area contributed by atoms with Crippen molar-refractivity contribution < 1.29 is 19.7 Å². The molecule has 4 aliphatic carbocycles. The largest absolute Gasteiger partial charge is 0.497 e. The van der Waals surface area contributed by atoms with E-state index in [-0.39, 0.29) is 22.9 Å². The van der Waals surface area contributed by atoms with Crippen molar-refractivity contribution in [3.8, 4) is 5.75 Å². The first-order valence-electron chi connectivity index (χ1n) is 14.9. The Morgan fingerprint density at radius 2 is 1.70 bits per heavy atom. The minimum atomic E-state index is -0.756. The van der Waals surface area contributed by atoms with Crippen molar-refractivity contribution in [3.63, 3.8) is 0 Å². The third-order valence-corrected chi connectivity index (χ3v) is 11.9. The fourth-order valence-electron chi connectivity index (χ4n) is 9.67. The highest BCUT2D eigenvalue weighted by Crippen LogP contribution is 2.72. The number of hydrogen-bond acceptors (Lipinski definition) is 5. The van der Waals surface area contributed by atoms with Crippen molar-refractivity contribution in [1.82, 2.24) is 4.90 Å². The number of likely N-dealkylation sites (tertiary alicyclic amines) is 1. The Kier molecular flexibility index (Phi) is 6.54. The third-order valence-electron chi connectivity index (χ3n) is 11.9. The number of methoxy groups -OCH3 is 1. The molecule has 0 amide bonds. The van der Waals surface area contributed by atoms with Gasteiger partial charge in [0.25, 0.3) is 0 Å². The van der Waals surface area contributed by atoms with E-state index in [0.717, 1.165) is 63.7 Å². The lowest BCUT2D eigenvalue weighted by atomic mass is 9.44. The quantitative estimate of drug-likeness (QED) is 0.500. The van der Waals surface area contributed by atoms with Crippen LogP contribution in [0.1, 0.15) is 83.6 Å². The highest BCUT2D eigenvalue weighted by molar-refractivity contribution is 5.38. The molecular weight excluding hydrogens is 462 g/mol. The standard InChI is InChI=1S/C32H47NO4/c1-29-14-12-25(34)22-24(29)8-11-28-27(29)13-15-30(2)31(28,35)16-17-32(30,23-6-9-26(36-3)10-7-23)37-21-20-33-18-4-5-19-33/h6-7,9-10,22,25,27-28,34-35H,4-5,8,11-21H2,1-3H3/t25?,27-,28-,29+,30+,31-,32?/m1/s1. The van der Waals surface area contributed by atoms with Crippen LogP contribution in [0.3, 0.4) is 0 Å².